The molecule has 1 atom stereocenters. The van der Waals surface area contributed by atoms with Crippen molar-refractivity contribution >= 4 is 15.9 Å². The Bertz CT molecular complexity index is 398. The van der Waals surface area contributed by atoms with E-state index < -0.39 is 17.7 Å². The van der Waals surface area contributed by atoms with Crippen molar-refractivity contribution in [2.45, 2.75) is 25.8 Å². The van der Waals surface area contributed by atoms with Crippen molar-refractivity contribution in [3.8, 4) is 0 Å². The summed E-state index contributed by atoms with van der Waals surface area (Å²) in [4.78, 5) is 0. The van der Waals surface area contributed by atoms with Crippen LogP contribution in [0.1, 0.15) is 31.4 Å². The summed E-state index contributed by atoms with van der Waals surface area (Å²) in [6, 6.07) is 1.84. The highest BCUT2D eigenvalue weighted by Gasteiger charge is 2.20. The highest BCUT2D eigenvalue weighted by atomic mass is 79.9. The molecular formula is C12H15BrF2N2. The molecule has 0 aliphatic heterocycles. The second-order valence-electron chi connectivity index (χ2n) is 3.81. The van der Waals surface area contributed by atoms with Crippen LogP contribution < -0.4 is 11.3 Å². The van der Waals surface area contributed by atoms with Crippen LogP contribution in [0.25, 0.3) is 0 Å². The minimum absolute atomic E-state index is 0.0506. The lowest BCUT2D eigenvalue weighted by molar-refractivity contribution is 0.469. The molecule has 1 aromatic rings. The Balaban J connectivity index is 3.07. The Labute approximate surface area is 108 Å². The van der Waals surface area contributed by atoms with Gasteiger partial charge in [-0.3, -0.25) is 11.3 Å². The van der Waals surface area contributed by atoms with Gasteiger partial charge in [-0.25, -0.2) is 8.78 Å². The van der Waals surface area contributed by atoms with Gasteiger partial charge in [-0.05, 0) is 25.0 Å². The molecular weight excluding hydrogens is 290 g/mol. The van der Waals surface area contributed by atoms with Gasteiger partial charge in [0.05, 0.1) is 6.04 Å². The number of benzene rings is 1. The molecule has 3 N–H and O–H groups in total. The van der Waals surface area contributed by atoms with Crippen molar-refractivity contribution in [2.24, 2.45) is 5.84 Å². The molecule has 0 bridgehead atoms. The van der Waals surface area contributed by atoms with Crippen LogP contribution >= 0.6 is 15.9 Å². The maximum atomic E-state index is 13.7. The molecule has 1 rings (SSSR count). The van der Waals surface area contributed by atoms with Gasteiger partial charge < -0.3 is 0 Å². The molecule has 1 unspecified atom stereocenters. The molecule has 0 radical (unpaired) electrons. The predicted molar refractivity (Wildman–Crippen MR) is 68.2 cm³/mol. The van der Waals surface area contributed by atoms with E-state index in [1.165, 1.54) is 12.1 Å². The number of nitrogens with one attached hydrogen (secondary N) is 1. The topological polar surface area (TPSA) is 38.0 Å². The largest absolute Gasteiger partial charge is 0.271 e. The minimum Gasteiger partial charge on any atom is -0.271 e. The van der Waals surface area contributed by atoms with E-state index in [9.17, 15) is 8.78 Å². The molecule has 0 saturated heterocycles. The molecule has 1 aromatic carbocycles. The predicted octanol–water partition coefficient (Wildman–Crippen LogP) is 3.59. The molecule has 0 heterocycles. The van der Waals surface area contributed by atoms with Gasteiger partial charge in [0, 0.05) is 10.0 Å². The first kappa shape index (κ1) is 14.3. The van der Waals surface area contributed by atoms with E-state index in [0.29, 0.717) is 10.9 Å². The third-order valence-electron chi connectivity index (χ3n) is 2.59. The third kappa shape index (κ3) is 3.59. The summed E-state index contributed by atoms with van der Waals surface area (Å²) >= 11 is 3.03. The molecule has 0 spiro atoms. The van der Waals surface area contributed by atoms with Crippen LogP contribution in [0.4, 0.5) is 8.78 Å². The third-order valence-corrected chi connectivity index (χ3v) is 3.04. The summed E-state index contributed by atoms with van der Waals surface area (Å²) in [7, 11) is 0. The summed E-state index contributed by atoms with van der Waals surface area (Å²) in [5.74, 6) is 4.10. The number of hydrogen-bond donors (Lipinski definition) is 2. The zero-order chi connectivity index (χ0) is 13.0. The highest BCUT2D eigenvalue weighted by molar-refractivity contribution is 9.10. The average Bonchev–Trinajstić information content (AvgIpc) is 2.25. The Morgan fingerprint density at radius 1 is 1.47 bits per heavy atom. The van der Waals surface area contributed by atoms with Gasteiger partial charge in [0.2, 0.25) is 0 Å². The Kier molecular flexibility index (Phi) is 5.24. The molecule has 0 saturated carbocycles. The maximum Gasteiger partial charge on any atom is 0.132 e. The fraction of sp³-hybridized carbons (Fsp3) is 0.333. The zero-order valence-corrected chi connectivity index (χ0v) is 11.2. The normalized spacial score (nSPS) is 12.5. The van der Waals surface area contributed by atoms with Crippen LogP contribution in [0.15, 0.2) is 28.8 Å². The maximum absolute atomic E-state index is 13.7. The van der Waals surface area contributed by atoms with Gasteiger partial charge in [0.15, 0.2) is 0 Å². The van der Waals surface area contributed by atoms with Crippen molar-refractivity contribution in [2.75, 3.05) is 0 Å². The molecule has 0 fully saturated rings. The molecule has 17 heavy (non-hydrogen) atoms. The Morgan fingerprint density at radius 3 is 2.41 bits per heavy atom. The summed E-state index contributed by atoms with van der Waals surface area (Å²) in [6.45, 7) is 5.75. The van der Waals surface area contributed by atoms with Gasteiger partial charge in [-0.2, -0.15) is 0 Å². The van der Waals surface area contributed by atoms with Gasteiger partial charge in [0.25, 0.3) is 0 Å². The first-order valence-electron chi connectivity index (χ1n) is 5.26. The lowest BCUT2D eigenvalue weighted by atomic mass is 9.98. The van der Waals surface area contributed by atoms with Crippen LogP contribution in [0.5, 0.6) is 0 Å². The van der Waals surface area contributed by atoms with Gasteiger partial charge in [-0.1, -0.05) is 35.0 Å². The van der Waals surface area contributed by atoms with Crippen LogP contribution in [0.2, 0.25) is 0 Å². The molecule has 94 valence electrons. The molecule has 0 aromatic heterocycles. The van der Waals surface area contributed by atoms with E-state index in [4.69, 9.17) is 5.84 Å². The van der Waals surface area contributed by atoms with Crippen LogP contribution in [0, 0.1) is 11.6 Å². The monoisotopic (exact) mass is 304 g/mol. The Morgan fingerprint density at radius 2 is 2.00 bits per heavy atom. The summed E-state index contributed by atoms with van der Waals surface area (Å²) in [5.41, 5.74) is 3.26. The first-order chi connectivity index (χ1) is 7.99. The van der Waals surface area contributed by atoms with Gasteiger partial charge >= 0.3 is 0 Å². The van der Waals surface area contributed by atoms with Crippen LogP contribution in [0.3, 0.4) is 0 Å². The highest BCUT2D eigenvalue weighted by Crippen LogP contribution is 2.28. The van der Waals surface area contributed by atoms with Crippen LogP contribution in [-0.4, -0.2) is 0 Å². The van der Waals surface area contributed by atoms with E-state index in [1.54, 1.807) is 0 Å². The number of rotatable bonds is 5. The zero-order valence-electron chi connectivity index (χ0n) is 9.56. The van der Waals surface area contributed by atoms with Crippen molar-refractivity contribution in [1.82, 2.24) is 5.43 Å². The fourth-order valence-corrected chi connectivity index (χ4v) is 1.97. The molecule has 0 aliphatic carbocycles. The second-order valence-corrected chi connectivity index (χ2v) is 4.73. The van der Waals surface area contributed by atoms with E-state index in [-0.39, 0.29) is 5.56 Å². The standard InChI is InChI=1S/C12H15BrF2N2/c1-3-7(2)4-11(17-16)12-9(14)5-8(13)6-10(12)15/h5-6,11,17H,2-4,16H2,1H3. The van der Waals surface area contributed by atoms with Crippen molar-refractivity contribution in [3.63, 3.8) is 0 Å². The summed E-state index contributed by atoms with van der Waals surface area (Å²) < 4.78 is 27.8. The smallest absolute Gasteiger partial charge is 0.132 e. The average molecular weight is 305 g/mol. The molecule has 0 amide bonds. The van der Waals surface area contributed by atoms with E-state index in [1.807, 2.05) is 6.92 Å². The minimum atomic E-state index is -0.622. The summed E-state index contributed by atoms with van der Waals surface area (Å²) in [5, 5.41) is 0. The van der Waals surface area contributed by atoms with Gasteiger partial charge in [0.1, 0.15) is 11.6 Å². The Hall–Kier alpha value is -0.780. The number of hydrazine groups is 1. The van der Waals surface area contributed by atoms with Crippen molar-refractivity contribution < 1.29 is 8.78 Å². The van der Waals surface area contributed by atoms with Crippen LogP contribution in [-0.2, 0) is 0 Å². The SMILES string of the molecule is C=C(CC)CC(NN)c1c(F)cc(Br)cc1F. The van der Waals surface area contributed by atoms with Crippen molar-refractivity contribution in [3.05, 3.63) is 46.0 Å². The first-order valence-corrected chi connectivity index (χ1v) is 6.06. The number of halogens is 3. The van der Waals surface area contributed by atoms with E-state index in [2.05, 4.69) is 27.9 Å². The number of nitrogens with two attached hydrogens (primary N) is 1. The number of hydrogen-bond acceptors (Lipinski definition) is 2. The molecule has 0 aliphatic rings. The lowest BCUT2D eigenvalue weighted by Gasteiger charge is -2.18. The quantitative estimate of drug-likeness (QED) is 0.496. The molecule has 2 nitrogen and oxygen atoms in total. The fourth-order valence-electron chi connectivity index (χ4n) is 1.56. The second kappa shape index (κ2) is 6.23. The molecule has 5 heteroatoms. The summed E-state index contributed by atoms with van der Waals surface area (Å²) in [6.07, 6.45) is 1.15. The van der Waals surface area contributed by atoms with E-state index >= 15 is 0 Å². The van der Waals surface area contributed by atoms with Crippen molar-refractivity contribution in [1.29, 1.82) is 0 Å². The van der Waals surface area contributed by atoms with E-state index in [0.717, 1.165) is 12.0 Å². The van der Waals surface area contributed by atoms with Gasteiger partial charge in [-0.15, -0.1) is 0 Å². The lowest BCUT2D eigenvalue weighted by Crippen LogP contribution is -2.29.